The molecule has 0 spiro atoms. The average Bonchev–Trinajstić information content (AvgIpc) is 0.826. The van der Waals surface area contributed by atoms with Crippen molar-refractivity contribution in [1.29, 1.82) is 0 Å². The van der Waals surface area contributed by atoms with Crippen LogP contribution in [0.15, 0.2) is 243 Å². The number of fused-ring (bicyclic) bond motifs is 9. The third-order valence-electron chi connectivity index (χ3n) is 18.7. The van der Waals surface area contributed by atoms with Gasteiger partial charge in [-0.15, -0.1) is 24.0 Å². The van der Waals surface area contributed by atoms with Gasteiger partial charge in [0.1, 0.15) is 17.0 Å². The molecule has 100 heavy (non-hydrogen) atoms. The number of carboxylic acid groups (broad SMARTS) is 2. The first-order valence-corrected chi connectivity index (χ1v) is 35.6. The van der Waals surface area contributed by atoms with Crippen LogP contribution in [0.2, 0.25) is 0 Å². The molecular formula is C81H97BrIN7O10. The van der Waals surface area contributed by atoms with Gasteiger partial charge in [0.05, 0.1) is 6.10 Å². The lowest BCUT2D eigenvalue weighted by atomic mass is 9.86. The minimum absolute atomic E-state index is 0. The molecule has 530 valence electrons. The lowest BCUT2D eigenvalue weighted by molar-refractivity contribution is -0.160. The minimum Gasteiger partial charge on any atom is -0.480 e. The topological polar surface area (TPSA) is 228 Å². The van der Waals surface area contributed by atoms with E-state index >= 15 is 0 Å². The van der Waals surface area contributed by atoms with Crippen molar-refractivity contribution in [2.75, 3.05) is 93.8 Å². The summed E-state index contributed by atoms with van der Waals surface area (Å²) in [6.45, 7) is 11.7. The zero-order chi connectivity index (χ0) is 69.4. The molecule has 8 N–H and O–H groups in total. The van der Waals surface area contributed by atoms with Crippen molar-refractivity contribution in [3.05, 3.63) is 265 Å². The van der Waals surface area contributed by atoms with Crippen molar-refractivity contribution in [3.8, 4) is 0 Å². The number of anilines is 4. The van der Waals surface area contributed by atoms with Crippen molar-refractivity contribution in [2.24, 2.45) is 17.8 Å². The van der Waals surface area contributed by atoms with Crippen LogP contribution in [0.4, 0.5) is 22.7 Å². The standard InChI is InChI=1S/2C21H24N2O2.C14H13NO2.C8H7BrO2.C7H13NO.C6H7N.C4H8O.HI/c2*24-21(25-19-15-23-13-11-16(19)12-14-23)20(17-7-3-1-4-8-17)22-18-9-5-2-6-10-18;16-14(17)13(11-7-3-1-4-8-11)15-12-9-5-2-6-10-12;9-7(8(10)11)6-4-2-1-3-5-6;9-7-5-8-3-1-6(7)2-4-8;7-6-4-2-1-3-5-6;1-2-4-5-3-1;/h2*1-10,16,19-20,22H,11-15H2;1-10,13,15H,(H,16,17);1-5,7H,(H,10,11);6-7,9H,1-5H2;1-5H,7H2;1-4H2;1H/t19-,20+;19-,20-;;;7-;;;/m00..0.../s1. The molecule has 2 unspecified atom stereocenters. The molecule has 6 bridgehead atoms. The molecule has 0 aliphatic carbocycles. The van der Waals surface area contributed by atoms with Gasteiger partial charge in [-0.2, -0.15) is 0 Å². The Kier molecular flexibility index (Phi) is 32.7. The number of aliphatic hydroxyl groups excluding tert-OH is 1. The van der Waals surface area contributed by atoms with Gasteiger partial charge in [0.15, 0.2) is 18.1 Å². The number of piperidine rings is 9. The Labute approximate surface area is 615 Å². The number of carboxylic acids is 2. The summed E-state index contributed by atoms with van der Waals surface area (Å²) in [5, 5.41) is 36.8. The number of hydrogen-bond acceptors (Lipinski definition) is 15. The fourth-order valence-corrected chi connectivity index (χ4v) is 13.4. The average molecular weight is 1540 g/mol. The molecule has 18 rings (SSSR count). The summed E-state index contributed by atoms with van der Waals surface area (Å²) in [5.41, 5.74) is 12.2. The van der Waals surface area contributed by atoms with Gasteiger partial charge >= 0.3 is 23.9 Å². The van der Waals surface area contributed by atoms with E-state index in [2.05, 4.69) is 46.6 Å². The molecule has 0 aromatic heterocycles. The van der Waals surface area contributed by atoms with Gasteiger partial charge in [-0.3, -0.25) is 14.6 Å². The maximum absolute atomic E-state index is 13.0. The number of rotatable bonds is 16. The first-order chi connectivity index (χ1) is 48.3. The number of ether oxygens (including phenoxy) is 3. The molecule has 10 aliphatic heterocycles. The number of carbonyl (C=O) groups is 4. The van der Waals surface area contributed by atoms with Gasteiger partial charge in [-0.05, 0) is 179 Å². The quantitative estimate of drug-likeness (QED) is 0.0206. The Morgan fingerprint density at radius 2 is 0.700 bits per heavy atom. The van der Waals surface area contributed by atoms with Crippen molar-refractivity contribution in [3.63, 3.8) is 0 Å². The first-order valence-electron chi connectivity index (χ1n) is 34.7. The maximum Gasteiger partial charge on any atom is 0.333 e. The second-order valence-corrected chi connectivity index (χ2v) is 26.6. The van der Waals surface area contributed by atoms with Crippen LogP contribution in [-0.4, -0.2) is 144 Å². The van der Waals surface area contributed by atoms with E-state index in [-0.39, 0.29) is 54.2 Å². The van der Waals surface area contributed by atoms with E-state index in [1.807, 2.05) is 218 Å². The number of esters is 2. The fourth-order valence-electron chi connectivity index (χ4n) is 13.1. The molecule has 7 atom stereocenters. The van der Waals surface area contributed by atoms with Crippen LogP contribution in [0.25, 0.3) is 0 Å². The Morgan fingerprint density at radius 1 is 0.410 bits per heavy atom. The number of para-hydroxylation sites is 4. The molecule has 8 aromatic carbocycles. The van der Waals surface area contributed by atoms with Crippen LogP contribution in [0.3, 0.4) is 0 Å². The van der Waals surface area contributed by atoms with Gasteiger partial charge in [-0.1, -0.05) is 210 Å². The minimum atomic E-state index is -0.889. The number of aliphatic carboxylic acids is 2. The predicted molar refractivity (Wildman–Crippen MR) is 411 cm³/mol. The van der Waals surface area contributed by atoms with Crippen molar-refractivity contribution < 1.29 is 48.7 Å². The molecule has 17 nitrogen and oxygen atoms in total. The van der Waals surface area contributed by atoms with Crippen LogP contribution in [0.5, 0.6) is 0 Å². The van der Waals surface area contributed by atoms with Crippen LogP contribution in [0.1, 0.15) is 96.6 Å². The smallest absolute Gasteiger partial charge is 0.333 e. The number of alkyl halides is 1. The molecule has 10 fully saturated rings. The number of benzene rings is 8. The highest BCUT2D eigenvalue weighted by atomic mass is 127. The summed E-state index contributed by atoms with van der Waals surface area (Å²) >= 11 is 3.05. The Hall–Kier alpha value is -8.15. The summed E-state index contributed by atoms with van der Waals surface area (Å²) in [6.07, 6.45) is 9.60. The van der Waals surface area contributed by atoms with Gasteiger partial charge in [-0.25, -0.2) is 14.4 Å². The monoisotopic (exact) mass is 1530 g/mol. The van der Waals surface area contributed by atoms with E-state index in [9.17, 15) is 29.4 Å². The van der Waals surface area contributed by atoms with Crippen molar-refractivity contribution in [1.82, 2.24) is 14.7 Å². The highest BCUT2D eigenvalue weighted by Crippen LogP contribution is 2.34. The van der Waals surface area contributed by atoms with E-state index < -0.39 is 34.9 Å². The number of nitrogens with one attached hydrogen (secondary N) is 3. The van der Waals surface area contributed by atoms with Gasteiger partial charge < -0.3 is 56.1 Å². The lowest BCUT2D eigenvalue weighted by Crippen LogP contribution is -2.52. The fraction of sp³-hybridized carbons (Fsp3) is 0.358. The molecule has 0 saturated carbocycles. The number of halogens is 2. The molecule has 0 amide bonds. The third-order valence-corrected chi connectivity index (χ3v) is 19.6. The van der Waals surface area contributed by atoms with Crippen molar-refractivity contribution in [2.45, 2.75) is 92.6 Å². The Morgan fingerprint density at radius 3 is 0.940 bits per heavy atom. The summed E-state index contributed by atoms with van der Waals surface area (Å²) in [6, 6.07) is 74.5. The molecule has 10 saturated heterocycles. The second kappa shape index (κ2) is 42.2. The molecule has 0 radical (unpaired) electrons. The number of carbonyl (C=O) groups excluding carboxylic acids is 2. The highest BCUT2D eigenvalue weighted by molar-refractivity contribution is 14.0. The molecule has 8 aromatic rings. The number of hydrogen-bond donors (Lipinski definition) is 7. The molecular weight excluding hydrogens is 1440 g/mol. The van der Waals surface area contributed by atoms with Gasteiger partial charge in [0.2, 0.25) is 0 Å². The molecule has 10 heterocycles. The Balaban J connectivity index is 0.000000158. The zero-order valence-corrected chi connectivity index (χ0v) is 60.6. The summed E-state index contributed by atoms with van der Waals surface area (Å²) < 4.78 is 16.9. The second-order valence-electron chi connectivity index (χ2n) is 25.7. The maximum atomic E-state index is 13.0. The van der Waals surface area contributed by atoms with Crippen LogP contribution >= 0.6 is 39.9 Å². The summed E-state index contributed by atoms with van der Waals surface area (Å²) in [5.74, 6) is -0.460. The lowest BCUT2D eigenvalue weighted by Gasteiger charge is -2.44. The number of aliphatic hydroxyl groups is 1. The van der Waals surface area contributed by atoms with Gasteiger partial charge in [0, 0.05) is 55.6 Å². The first kappa shape index (κ1) is 77.6. The summed E-state index contributed by atoms with van der Waals surface area (Å²) in [4.78, 5) is 54.2. The number of nitrogen functional groups attached to an aromatic ring is 1. The number of nitrogens with two attached hydrogens (primary N) is 1. The van der Waals surface area contributed by atoms with Crippen LogP contribution in [-0.2, 0) is 33.4 Å². The normalized spacial score (nSPS) is 22.6. The van der Waals surface area contributed by atoms with Crippen LogP contribution < -0.4 is 21.7 Å². The zero-order valence-electron chi connectivity index (χ0n) is 56.7. The van der Waals surface area contributed by atoms with E-state index in [0.717, 1.165) is 130 Å². The van der Waals surface area contributed by atoms with E-state index in [4.69, 9.17) is 25.1 Å². The predicted octanol–water partition coefficient (Wildman–Crippen LogP) is 14.8. The van der Waals surface area contributed by atoms with E-state index in [0.29, 0.717) is 17.8 Å². The SMILES string of the molecule is C1CCOC1.I.Nc1ccccc1.O=C(O)C(Br)c1ccccc1.O=C(O)C(Nc1ccccc1)c1ccccc1.O=C(O[C@H]1CN2CCC1CC2)[C@@H](Nc1ccccc1)c1ccccc1.O=C(O[C@H]1CN2CCC1CC2)[C@H](Nc1ccccc1)c1ccccc1.O[C@H]1CN2CCC1CC2. The third kappa shape index (κ3) is 25.5. The molecule has 19 heteroatoms. The summed E-state index contributed by atoms with van der Waals surface area (Å²) in [7, 11) is 0. The van der Waals surface area contributed by atoms with E-state index in [1.54, 1.807) is 24.3 Å². The van der Waals surface area contributed by atoms with E-state index in [1.165, 1.54) is 38.8 Å². The number of nitrogens with zero attached hydrogens (tertiary/aromatic N) is 3. The largest absolute Gasteiger partial charge is 0.480 e. The highest BCUT2D eigenvalue weighted by Gasteiger charge is 2.40. The Bertz CT molecular complexity index is 3450. The van der Waals surface area contributed by atoms with Crippen LogP contribution in [0, 0.1) is 17.8 Å². The van der Waals surface area contributed by atoms with Gasteiger partial charge in [0.25, 0.3) is 0 Å². The molecule has 10 aliphatic rings. The van der Waals surface area contributed by atoms with Crippen molar-refractivity contribution >= 4 is 86.5 Å².